The minimum atomic E-state index is -1.03. The van der Waals surface area contributed by atoms with Gasteiger partial charge in [-0.3, -0.25) is 0 Å². The fourth-order valence-electron chi connectivity index (χ4n) is 2.61. The van der Waals surface area contributed by atoms with E-state index < -0.39 is 11.0 Å². The van der Waals surface area contributed by atoms with Crippen molar-refractivity contribution in [1.29, 1.82) is 0 Å². The molecule has 0 amide bonds. The maximum atomic E-state index is 12.0. The molecule has 29 heavy (non-hydrogen) atoms. The molecule has 166 valence electrons. The smallest absolute Gasteiger partial charge is 0.107 e. The van der Waals surface area contributed by atoms with Crippen LogP contribution >= 0.6 is 0 Å². The Bertz CT molecular complexity index is 731. The van der Waals surface area contributed by atoms with Crippen LogP contribution in [0.4, 0.5) is 0 Å². The van der Waals surface area contributed by atoms with E-state index in [2.05, 4.69) is 67.6 Å². The van der Waals surface area contributed by atoms with Crippen molar-refractivity contribution in [2.45, 2.75) is 65.3 Å². The zero-order valence-electron chi connectivity index (χ0n) is 19.1. The maximum Gasteiger partial charge on any atom is 0.107 e. The van der Waals surface area contributed by atoms with Crippen LogP contribution < -0.4 is 22.9 Å². The number of aliphatic hydroxyl groups excluding tert-OH is 1. The van der Waals surface area contributed by atoms with Gasteiger partial charge in [-0.05, 0) is 65.2 Å². The average molecular weight is 443 g/mol. The van der Waals surface area contributed by atoms with Crippen molar-refractivity contribution in [2.75, 3.05) is 7.11 Å². The van der Waals surface area contributed by atoms with Gasteiger partial charge in [-0.25, -0.2) is 8.93 Å². The molecule has 0 saturated heterocycles. The van der Waals surface area contributed by atoms with E-state index in [0.29, 0.717) is 6.04 Å². The van der Waals surface area contributed by atoms with Gasteiger partial charge >= 0.3 is 0 Å². The molecule has 6 heteroatoms. The van der Waals surface area contributed by atoms with Crippen molar-refractivity contribution in [1.82, 2.24) is 4.72 Å². The van der Waals surface area contributed by atoms with Crippen LogP contribution in [0.5, 0.6) is 0 Å². The summed E-state index contributed by atoms with van der Waals surface area (Å²) in [5.74, 6) is 0. The first-order valence-corrected chi connectivity index (χ1v) is 10.8. The SMILES string of the molecule is CO.Cc1ccccc1[C@H](C)N[S@](=O)C(C)(C)C.Cc1ccccc1[C@H](C)[NH3+].[Cl-]. The lowest BCUT2D eigenvalue weighted by Gasteiger charge is -2.23. The standard InChI is InChI=1S/C13H21NOS.C9H13N.CH4O.ClH/c1-10-8-6-7-9-12(10)11(2)14-16(15)13(3,4)5;1-7-5-3-4-6-9(7)8(2)10;1-2;/h6-9,11,14H,1-5H3;3-6,8H,10H2,1-2H3;2H,1H3;1H/t11-,16+;8-;;/m00../s1. The van der Waals surface area contributed by atoms with Crippen LogP contribution in [-0.2, 0) is 11.0 Å². The third-order valence-electron chi connectivity index (χ3n) is 4.21. The van der Waals surface area contributed by atoms with Gasteiger partial charge in [-0.1, -0.05) is 48.5 Å². The largest absolute Gasteiger partial charge is 1.00 e. The third kappa shape index (κ3) is 10.9. The van der Waals surface area contributed by atoms with Gasteiger partial charge in [0.15, 0.2) is 0 Å². The Morgan fingerprint density at radius 1 is 0.897 bits per heavy atom. The van der Waals surface area contributed by atoms with Crippen LogP contribution in [0.15, 0.2) is 48.5 Å². The highest BCUT2D eigenvalue weighted by Crippen LogP contribution is 2.19. The molecule has 2 aromatic rings. The summed E-state index contributed by atoms with van der Waals surface area (Å²) in [6.07, 6.45) is 0. The predicted octanol–water partition coefficient (Wildman–Crippen LogP) is 1.02. The van der Waals surface area contributed by atoms with Gasteiger partial charge in [-0.2, -0.15) is 0 Å². The summed E-state index contributed by atoms with van der Waals surface area (Å²) < 4.78 is 14.9. The number of aliphatic hydroxyl groups is 1. The highest BCUT2D eigenvalue weighted by molar-refractivity contribution is 7.84. The number of rotatable bonds is 4. The van der Waals surface area contributed by atoms with E-state index in [0.717, 1.165) is 7.11 Å². The van der Waals surface area contributed by atoms with Gasteiger partial charge in [0.25, 0.3) is 0 Å². The summed E-state index contributed by atoms with van der Waals surface area (Å²) in [5, 5.41) is 7.00. The van der Waals surface area contributed by atoms with Gasteiger partial charge in [0.05, 0.1) is 15.7 Å². The van der Waals surface area contributed by atoms with Crippen molar-refractivity contribution >= 4 is 11.0 Å². The summed E-state index contributed by atoms with van der Waals surface area (Å²) in [6, 6.07) is 17.1. The number of aryl methyl sites for hydroxylation is 2. The Balaban J connectivity index is 0. The first kappa shape index (κ1) is 30.0. The van der Waals surface area contributed by atoms with Crippen LogP contribution in [-0.4, -0.2) is 21.2 Å². The van der Waals surface area contributed by atoms with E-state index in [1.165, 1.54) is 22.3 Å². The fraction of sp³-hybridized carbons (Fsp3) is 0.478. The number of hydrogen-bond donors (Lipinski definition) is 3. The molecule has 0 heterocycles. The quantitative estimate of drug-likeness (QED) is 0.661. The van der Waals surface area contributed by atoms with Crippen LogP contribution in [0.1, 0.15) is 69.0 Å². The first-order valence-electron chi connectivity index (χ1n) is 9.61. The Labute approximate surface area is 186 Å². The monoisotopic (exact) mass is 442 g/mol. The van der Waals surface area contributed by atoms with Gasteiger partial charge in [0, 0.05) is 18.7 Å². The fourth-order valence-corrected chi connectivity index (χ4v) is 3.41. The van der Waals surface area contributed by atoms with E-state index in [1.54, 1.807) is 0 Å². The van der Waals surface area contributed by atoms with E-state index in [1.807, 2.05) is 39.8 Å². The van der Waals surface area contributed by atoms with Crippen molar-refractivity contribution < 1.29 is 27.5 Å². The Hall–Kier alpha value is -1.24. The summed E-state index contributed by atoms with van der Waals surface area (Å²) >= 11 is 0. The molecular weight excluding hydrogens is 404 g/mol. The lowest BCUT2D eigenvalue weighted by Crippen LogP contribution is -3.00. The Kier molecular flexibility index (Phi) is 15.2. The van der Waals surface area contributed by atoms with Gasteiger partial charge in [0.2, 0.25) is 0 Å². The molecule has 2 rings (SSSR count). The second-order valence-electron chi connectivity index (χ2n) is 7.83. The van der Waals surface area contributed by atoms with Gasteiger partial charge in [-0.15, -0.1) is 0 Å². The van der Waals surface area contributed by atoms with Crippen molar-refractivity contribution in [3.05, 3.63) is 70.8 Å². The Morgan fingerprint density at radius 3 is 1.59 bits per heavy atom. The molecule has 0 aliphatic rings. The first-order chi connectivity index (χ1) is 13.0. The van der Waals surface area contributed by atoms with Crippen LogP contribution in [0, 0.1) is 13.8 Å². The molecule has 0 aliphatic carbocycles. The van der Waals surface area contributed by atoms with E-state index in [9.17, 15) is 4.21 Å². The van der Waals surface area contributed by atoms with Crippen LogP contribution in [0.25, 0.3) is 0 Å². The molecule has 2 aromatic carbocycles. The number of hydrogen-bond acceptors (Lipinski definition) is 2. The molecule has 0 unspecified atom stereocenters. The number of halogens is 1. The molecule has 0 fully saturated rings. The zero-order valence-corrected chi connectivity index (χ0v) is 20.7. The second-order valence-corrected chi connectivity index (χ2v) is 9.83. The number of quaternary nitrogens is 1. The molecular formula is C23H39ClN2O2S. The minimum absolute atomic E-state index is 0. The minimum Gasteiger partial charge on any atom is -1.00 e. The van der Waals surface area contributed by atoms with Crippen molar-refractivity contribution in [3.63, 3.8) is 0 Å². The molecule has 0 spiro atoms. The summed E-state index contributed by atoms with van der Waals surface area (Å²) in [6.45, 7) is 14.3. The number of nitrogens with one attached hydrogen (secondary N) is 1. The van der Waals surface area contributed by atoms with Crippen molar-refractivity contribution in [2.24, 2.45) is 0 Å². The zero-order chi connectivity index (χ0) is 21.9. The lowest BCUT2D eigenvalue weighted by molar-refractivity contribution is -0.420. The molecule has 0 saturated carbocycles. The van der Waals surface area contributed by atoms with Crippen LogP contribution in [0.2, 0.25) is 0 Å². The number of benzene rings is 2. The highest BCUT2D eigenvalue weighted by atomic mass is 35.5. The third-order valence-corrected chi connectivity index (χ3v) is 5.89. The molecule has 5 N–H and O–H groups in total. The summed E-state index contributed by atoms with van der Waals surface area (Å²) in [4.78, 5) is 0. The lowest BCUT2D eigenvalue weighted by atomic mass is 10.0. The summed E-state index contributed by atoms with van der Waals surface area (Å²) in [5.41, 5.74) is 9.10. The normalized spacial score (nSPS) is 13.4. The second kappa shape index (κ2) is 14.7. The molecule has 0 bridgehead atoms. The van der Waals surface area contributed by atoms with Crippen molar-refractivity contribution in [3.8, 4) is 0 Å². The maximum absolute atomic E-state index is 12.0. The molecule has 4 nitrogen and oxygen atoms in total. The molecule has 0 aliphatic heterocycles. The van der Waals surface area contributed by atoms with E-state index in [-0.39, 0.29) is 23.2 Å². The topological polar surface area (TPSA) is 77.0 Å². The van der Waals surface area contributed by atoms with Gasteiger partial charge in [0.1, 0.15) is 6.04 Å². The predicted molar refractivity (Wildman–Crippen MR) is 121 cm³/mol. The summed E-state index contributed by atoms with van der Waals surface area (Å²) in [7, 11) is -0.0262. The Morgan fingerprint density at radius 2 is 1.28 bits per heavy atom. The van der Waals surface area contributed by atoms with Gasteiger partial charge < -0.3 is 23.2 Å². The van der Waals surface area contributed by atoms with E-state index in [4.69, 9.17) is 5.11 Å². The highest BCUT2D eigenvalue weighted by Gasteiger charge is 2.21. The molecule has 0 radical (unpaired) electrons. The molecule has 3 atom stereocenters. The van der Waals surface area contributed by atoms with E-state index >= 15 is 0 Å². The average Bonchev–Trinajstić information content (AvgIpc) is 2.63. The van der Waals surface area contributed by atoms with Crippen LogP contribution in [0.3, 0.4) is 0 Å². The molecule has 0 aromatic heterocycles.